The number of amides is 3. The van der Waals surface area contributed by atoms with Crippen LogP contribution in [0.2, 0.25) is 0 Å². The van der Waals surface area contributed by atoms with Crippen molar-refractivity contribution in [2.75, 3.05) is 11.9 Å². The van der Waals surface area contributed by atoms with Crippen molar-refractivity contribution in [3.05, 3.63) is 89.6 Å². The lowest BCUT2D eigenvalue weighted by atomic mass is 10.1. The number of hydrogen-bond acceptors (Lipinski definition) is 5. The Morgan fingerprint density at radius 2 is 1.68 bits per heavy atom. The Bertz CT molecular complexity index is 1070. The van der Waals surface area contributed by atoms with Gasteiger partial charge < -0.3 is 21.1 Å². The zero-order valence-corrected chi connectivity index (χ0v) is 16.7. The SMILES string of the molecule is NC(=O)CCNC(=O)c1ccccc1NC(=O)c1ccnc(OCc2ccccc2)c1. The lowest BCUT2D eigenvalue weighted by Gasteiger charge is -2.12. The highest BCUT2D eigenvalue weighted by molar-refractivity contribution is 6.09. The van der Waals surface area contributed by atoms with Gasteiger partial charge in [0, 0.05) is 30.8 Å². The van der Waals surface area contributed by atoms with E-state index in [2.05, 4.69) is 15.6 Å². The Morgan fingerprint density at radius 1 is 0.935 bits per heavy atom. The zero-order valence-electron chi connectivity index (χ0n) is 16.7. The van der Waals surface area contributed by atoms with Gasteiger partial charge in [-0.05, 0) is 23.8 Å². The Morgan fingerprint density at radius 3 is 2.45 bits per heavy atom. The number of carbonyl (C=O) groups is 3. The maximum atomic E-state index is 12.7. The van der Waals surface area contributed by atoms with Gasteiger partial charge in [-0.25, -0.2) is 4.98 Å². The molecule has 2 aromatic carbocycles. The van der Waals surface area contributed by atoms with Crippen LogP contribution in [0.5, 0.6) is 5.88 Å². The molecule has 0 aliphatic heterocycles. The van der Waals surface area contributed by atoms with E-state index in [0.717, 1.165) is 5.56 Å². The van der Waals surface area contributed by atoms with Crippen molar-refractivity contribution in [3.63, 3.8) is 0 Å². The molecule has 31 heavy (non-hydrogen) atoms. The van der Waals surface area contributed by atoms with Gasteiger partial charge in [0.05, 0.1) is 11.3 Å². The third-order valence-electron chi connectivity index (χ3n) is 4.30. The van der Waals surface area contributed by atoms with Gasteiger partial charge in [-0.15, -0.1) is 0 Å². The van der Waals surface area contributed by atoms with Crippen LogP contribution in [0.25, 0.3) is 0 Å². The van der Waals surface area contributed by atoms with Crippen LogP contribution in [0, 0.1) is 0 Å². The summed E-state index contributed by atoms with van der Waals surface area (Å²) in [5, 5.41) is 5.34. The van der Waals surface area contributed by atoms with Crippen LogP contribution in [0.4, 0.5) is 5.69 Å². The molecule has 0 atom stereocenters. The van der Waals surface area contributed by atoms with E-state index < -0.39 is 17.7 Å². The second kappa shape index (κ2) is 10.5. The summed E-state index contributed by atoms with van der Waals surface area (Å²) in [6, 6.07) is 19.3. The van der Waals surface area contributed by atoms with Gasteiger partial charge in [0.25, 0.3) is 11.8 Å². The Labute approximate surface area is 179 Å². The monoisotopic (exact) mass is 418 g/mol. The number of nitrogens with two attached hydrogens (primary N) is 1. The van der Waals surface area contributed by atoms with Crippen LogP contribution < -0.4 is 21.1 Å². The standard InChI is InChI=1S/C23H22N4O4/c24-20(28)11-13-26-23(30)18-8-4-5-9-19(18)27-22(29)17-10-12-25-21(14-17)31-15-16-6-2-1-3-7-16/h1-10,12,14H,11,13,15H2,(H2,24,28)(H,26,30)(H,27,29). The van der Waals surface area contributed by atoms with Gasteiger partial charge in [-0.3, -0.25) is 14.4 Å². The molecule has 0 saturated heterocycles. The molecule has 8 heteroatoms. The van der Waals surface area contributed by atoms with E-state index in [1.807, 2.05) is 30.3 Å². The summed E-state index contributed by atoms with van der Waals surface area (Å²) in [4.78, 5) is 40.1. The number of pyridine rings is 1. The highest BCUT2D eigenvalue weighted by atomic mass is 16.5. The summed E-state index contributed by atoms with van der Waals surface area (Å²) in [6.45, 7) is 0.441. The molecule has 1 aromatic heterocycles. The number of nitrogens with zero attached hydrogens (tertiary/aromatic N) is 1. The molecule has 0 aliphatic rings. The van der Waals surface area contributed by atoms with Crippen molar-refractivity contribution in [2.24, 2.45) is 5.73 Å². The number of hydrogen-bond donors (Lipinski definition) is 3. The maximum Gasteiger partial charge on any atom is 0.255 e. The van der Waals surface area contributed by atoms with Crippen molar-refractivity contribution in [1.82, 2.24) is 10.3 Å². The van der Waals surface area contributed by atoms with Crippen molar-refractivity contribution in [1.29, 1.82) is 0 Å². The van der Waals surface area contributed by atoms with Gasteiger partial charge in [0.1, 0.15) is 6.61 Å². The average molecular weight is 418 g/mol. The summed E-state index contributed by atoms with van der Waals surface area (Å²) in [7, 11) is 0. The zero-order chi connectivity index (χ0) is 22.1. The van der Waals surface area contributed by atoms with Crippen molar-refractivity contribution < 1.29 is 19.1 Å². The fourth-order valence-electron chi connectivity index (χ4n) is 2.74. The molecule has 3 aromatic rings. The number of primary amides is 1. The first-order chi connectivity index (χ1) is 15.0. The smallest absolute Gasteiger partial charge is 0.255 e. The van der Waals surface area contributed by atoms with E-state index in [0.29, 0.717) is 23.7 Å². The summed E-state index contributed by atoms with van der Waals surface area (Å²) >= 11 is 0. The summed E-state index contributed by atoms with van der Waals surface area (Å²) in [5.41, 5.74) is 7.01. The number of nitrogens with one attached hydrogen (secondary N) is 2. The Hall–Kier alpha value is -4.20. The molecular formula is C23H22N4O4. The topological polar surface area (TPSA) is 123 Å². The van der Waals surface area contributed by atoms with Gasteiger partial charge in [0.2, 0.25) is 11.8 Å². The minimum absolute atomic E-state index is 0.0308. The largest absolute Gasteiger partial charge is 0.473 e. The normalized spacial score (nSPS) is 10.2. The first-order valence-electron chi connectivity index (χ1n) is 9.62. The van der Waals surface area contributed by atoms with Crippen LogP contribution >= 0.6 is 0 Å². The van der Waals surface area contributed by atoms with Gasteiger partial charge in [-0.2, -0.15) is 0 Å². The van der Waals surface area contributed by atoms with E-state index in [4.69, 9.17) is 10.5 Å². The first-order valence-corrected chi connectivity index (χ1v) is 9.62. The van der Waals surface area contributed by atoms with E-state index in [9.17, 15) is 14.4 Å². The molecule has 0 aliphatic carbocycles. The molecular weight excluding hydrogens is 396 g/mol. The van der Waals surface area contributed by atoms with Gasteiger partial charge >= 0.3 is 0 Å². The summed E-state index contributed by atoms with van der Waals surface area (Å²) < 4.78 is 5.67. The van der Waals surface area contributed by atoms with Crippen molar-refractivity contribution >= 4 is 23.4 Å². The van der Waals surface area contributed by atoms with Crippen LogP contribution in [0.15, 0.2) is 72.9 Å². The highest BCUT2D eigenvalue weighted by Gasteiger charge is 2.15. The molecule has 8 nitrogen and oxygen atoms in total. The number of aromatic nitrogens is 1. The molecule has 0 bridgehead atoms. The molecule has 3 rings (SSSR count). The molecule has 158 valence electrons. The Kier molecular flexibility index (Phi) is 7.31. The number of anilines is 1. The third kappa shape index (κ3) is 6.40. The molecule has 1 heterocycles. The quantitative estimate of drug-likeness (QED) is 0.493. The summed E-state index contributed by atoms with van der Waals surface area (Å²) in [5.74, 6) is -1.03. The van der Waals surface area contributed by atoms with Crippen molar-refractivity contribution in [3.8, 4) is 5.88 Å². The van der Waals surface area contributed by atoms with Crippen LogP contribution in [-0.2, 0) is 11.4 Å². The van der Waals surface area contributed by atoms with Crippen molar-refractivity contribution in [2.45, 2.75) is 13.0 Å². The highest BCUT2D eigenvalue weighted by Crippen LogP contribution is 2.18. The second-order valence-electron chi connectivity index (χ2n) is 6.63. The first kappa shape index (κ1) is 21.5. The van der Waals surface area contributed by atoms with E-state index in [1.54, 1.807) is 30.3 Å². The fraction of sp³-hybridized carbons (Fsp3) is 0.130. The lowest BCUT2D eigenvalue weighted by Crippen LogP contribution is -2.28. The Balaban J connectivity index is 1.66. The van der Waals surface area contributed by atoms with E-state index >= 15 is 0 Å². The molecule has 3 amide bonds. The lowest BCUT2D eigenvalue weighted by molar-refractivity contribution is -0.117. The van der Waals surface area contributed by atoms with Gasteiger partial charge in [0.15, 0.2) is 0 Å². The number of carbonyl (C=O) groups excluding carboxylic acids is 3. The summed E-state index contributed by atoms with van der Waals surface area (Å²) in [6.07, 6.45) is 1.51. The van der Waals surface area contributed by atoms with Crippen LogP contribution in [0.3, 0.4) is 0 Å². The number of benzene rings is 2. The molecule has 0 saturated carbocycles. The molecule has 0 unspecified atom stereocenters. The minimum Gasteiger partial charge on any atom is -0.473 e. The minimum atomic E-state index is -0.509. The van der Waals surface area contributed by atoms with Gasteiger partial charge in [-0.1, -0.05) is 42.5 Å². The number of rotatable bonds is 9. The van der Waals surface area contributed by atoms with Crippen LogP contribution in [-0.4, -0.2) is 29.3 Å². The number of ether oxygens (including phenoxy) is 1. The predicted molar refractivity (Wildman–Crippen MR) is 116 cm³/mol. The molecule has 0 spiro atoms. The maximum absolute atomic E-state index is 12.7. The van der Waals surface area contributed by atoms with E-state index in [1.165, 1.54) is 12.3 Å². The van der Waals surface area contributed by atoms with E-state index in [-0.39, 0.29) is 18.5 Å². The fourth-order valence-corrected chi connectivity index (χ4v) is 2.74. The second-order valence-corrected chi connectivity index (χ2v) is 6.63. The molecule has 0 radical (unpaired) electrons. The molecule has 4 N–H and O–H groups in total. The predicted octanol–water partition coefficient (Wildman–Crippen LogP) is 2.52. The number of para-hydroxylation sites is 1. The third-order valence-corrected chi connectivity index (χ3v) is 4.30. The van der Waals surface area contributed by atoms with Crippen LogP contribution in [0.1, 0.15) is 32.7 Å². The average Bonchev–Trinajstić information content (AvgIpc) is 2.78. The molecule has 0 fully saturated rings.